The Morgan fingerprint density at radius 2 is 2.28 bits per heavy atom. The summed E-state index contributed by atoms with van der Waals surface area (Å²) in [6, 6.07) is -0.563. The van der Waals surface area contributed by atoms with Crippen LogP contribution in [0.4, 0.5) is 16.0 Å². The van der Waals surface area contributed by atoms with Crippen LogP contribution in [0.15, 0.2) is 6.33 Å². The molecule has 0 amide bonds. The quantitative estimate of drug-likeness (QED) is 0.647. The Morgan fingerprint density at radius 1 is 1.56 bits per heavy atom. The maximum atomic E-state index is 13.7. The van der Waals surface area contributed by atoms with Crippen LogP contribution >= 0.6 is 0 Å². The molecule has 2 rings (SSSR count). The van der Waals surface area contributed by atoms with E-state index in [1.807, 2.05) is 0 Å². The average Bonchev–Trinajstić information content (AvgIpc) is 2.32. The summed E-state index contributed by atoms with van der Waals surface area (Å²) in [7, 11) is 0. The first-order valence-electron chi connectivity index (χ1n) is 5.50. The molecule has 5 N–H and O–H groups in total. The third kappa shape index (κ3) is 2.19. The van der Waals surface area contributed by atoms with E-state index in [0.717, 1.165) is 0 Å². The number of nitrogen functional groups attached to an aromatic ring is 1. The van der Waals surface area contributed by atoms with Crippen molar-refractivity contribution in [2.45, 2.75) is 12.5 Å². The van der Waals surface area contributed by atoms with Gasteiger partial charge in [0.15, 0.2) is 11.6 Å². The number of nitrogens with zero attached hydrogens (tertiary/aromatic N) is 3. The number of carboxylic acid groups (broad SMARTS) is 1. The van der Waals surface area contributed by atoms with Crippen molar-refractivity contribution in [3.8, 4) is 0 Å². The van der Waals surface area contributed by atoms with E-state index < -0.39 is 23.7 Å². The zero-order valence-corrected chi connectivity index (χ0v) is 9.58. The molecule has 0 spiro atoms. The largest absolute Gasteiger partial charge is 0.481 e. The Labute approximate surface area is 103 Å². The molecule has 18 heavy (non-hydrogen) atoms. The molecule has 0 aliphatic carbocycles. The summed E-state index contributed by atoms with van der Waals surface area (Å²) < 4.78 is 13.7. The maximum absolute atomic E-state index is 13.7. The SMILES string of the molecule is Nc1ncnc(N2CCC(C(=O)O)[C@@H](N)C2)c1F. The first-order chi connectivity index (χ1) is 8.50. The minimum Gasteiger partial charge on any atom is -0.481 e. The van der Waals surface area contributed by atoms with Gasteiger partial charge in [-0.2, -0.15) is 4.39 Å². The van der Waals surface area contributed by atoms with Crippen molar-refractivity contribution in [1.29, 1.82) is 0 Å². The minimum atomic E-state index is -0.926. The number of halogens is 1. The van der Waals surface area contributed by atoms with Gasteiger partial charge in [-0.05, 0) is 6.42 Å². The van der Waals surface area contributed by atoms with Gasteiger partial charge in [0.25, 0.3) is 0 Å². The molecule has 1 aliphatic heterocycles. The molecule has 1 aromatic rings. The summed E-state index contributed by atoms with van der Waals surface area (Å²) in [5, 5.41) is 8.95. The van der Waals surface area contributed by atoms with Crippen LogP contribution < -0.4 is 16.4 Å². The number of hydrogen-bond donors (Lipinski definition) is 3. The minimum absolute atomic E-state index is 0.0711. The second-order valence-electron chi connectivity index (χ2n) is 4.24. The number of carbonyl (C=O) groups is 1. The third-order valence-electron chi connectivity index (χ3n) is 3.07. The molecule has 0 bridgehead atoms. The van der Waals surface area contributed by atoms with Crippen molar-refractivity contribution < 1.29 is 14.3 Å². The lowest BCUT2D eigenvalue weighted by Crippen LogP contribution is -2.51. The Morgan fingerprint density at radius 3 is 2.89 bits per heavy atom. The fourth-order valence-corrected chi connectivity index (χ4v) is 2.08. The van der Waals surface area contributed by atoms with Gasteiger partial charge in [0.05, 0.1) is 5.92 Å². The summed E-state index contributed by atoms with van der Waals surface area (Å²) >= 11 is 0. The van der Waals surface area contributed by atoms with E-state index in [9.17, 15) is 9.18 Å². The van der Waals surface area contributed by atoms with Gasteiger partial charge in [-0.3, -0.25) is 4.79 Å². The Hall–Kier alpha value is -1.96. The zero-order chi connectivity index (χ0) is 13.3. The highest BCUT2D eigenvalue weighted by molar-refractivity contribution is 5.71. The molecule has 1 aromatic heterocycles. The van der Waals surface area contributed by atoms with Gasteiger partial charge >= 0.3 is 5.97 Å². The van der Waals surface area contributed by atoms with Crippen molar-refractivity contribution in [2.24, 2.45) is 11.7 Å². The van der Waals surface area contributed by atoms with E-state index in [2.05, 4.69) is 9.97 Å². The predicted octanol–water partition coefficient (Wildman–Crippen LogP) is -0.564. The van der Waals surface area contributed by atoms with Crippen LogP contribution in [0.3, 0.4) is 0 Å². The maximum Gasteiger partial charge on any atom is 0.308 e. The van der Waals surface area contributed by atoms with E-state index in [-0.39, 0.29) is 18.2 Å². The molecule has 1 aliphatic rings. The highest BCUT2D eigenvalue weighted by Crippen LogP contribution is 2.24. The van der Waals surface area contributed by atoms with Crippen molar-refractivity contribution in [2.75, 3.05) is 23.7 Å². The van der Waals surface area contributed by atoms with Gasteiger partial charge < -0.3 is 21.5 Å². The van der Waals surface area contributed by atoms with Crippen LogP contribution in [0.25, 0.3) is 0 Å². The van der Waals surface area contributed by atoms with E-state index in [0.29, 0.717) is 13.0 Å². The van der Waals surface area contributed by atoms with E-state index in [4.69, 9.17) is 16.6 Å². The van der Waals surface area contributed by atoms with Crippen LogP contribution in [-0.4, -0.2) is 40.2 Å². The fourth-order valence-electron chi connectivity index (χ4n) is 2.08. The molecule has 1 fully saturated rings. The molecule has 0 radical (unpaired) electrons. The summed E-state index contributed by atoms with van der Waals surface area (Å²) in [5.41, 5.74) is 11.1. The number of carboxylic acids is 1. The molecule has 2 atom stereocenters. The number of rotatable bonds is 2. The third-order valence-corrected chi connectivity index (χ3v) is 3.07. The molecule has 1 unspecified atom stereocenters. The average molecular weight is 255 g/mol. The van der Waals surface area contributed by atoms with Crippen LogP contribution in [0.5, 0.6) is 0 Å². The summed E-state index contributed by atoms with van der Waals surface area (Å²) in [6.07, 6.45) is 1.52. The lowest BCUT2D eigenvalue weighted by atomic mass is 9.92. The van der Waals surface area contributed by atoms with Crippen LogP contribution in [0, 0.1) is 11.7 Å². The molecular weight excluding hydrogens is 241 g/mol. The predicted molar refractivity (Wildman–Crippen MR) is 62.3 cm³/mol. The second-order valence-corrected chi connectivity index (χ2v) is 4.24. The standard InChI is InChI=1S/C10H14FN5O2/c11-7-8(13)14-4-15-9(7)16-2-1-5(10(17)18)6(12)3-16/h4-6H,1-3,12H2,(H,17,18)(H2,13,14,15)/t5?,6-/m0/s1. The number of nitrogens with two attached hydrogens (primary N) is 2. The molecular formula is C10H14FN5O2. The summed E-state index contributed by atoms with van der Waals surface area (Å²) in [4.78, 5) is 19.9. The normalized spacial score (nSPS) is 24.0. The lowest BCUT2D eigenvalue weighted by Gasteiger charge is -2.35. The molecule has 1 saturated heterocycles. The fraction of sp³-hybridized carbons (Fsp3) is 0.500. The van der Waals surface area contributed by atoms with E-state index in [1.54, 1.807) is 4.90 Å². The van der Waals surface area contributed by atoms with Gasteiger partial charge in [0, 0.05) is 19.1 Å². The number of hydrogen-bond acceptors (Lipinski definition) is 6. The van der Waals surface area contributed by atoms with Crippen molar-refractivity contribution in [3.05, 3.63) is 12.1 Å². The molecule has 8 heteroatoms. The zero-order valence-electron chi connectivity index (χ0n) is 9.58. The molecule has 98 valence electrons. The van der Waals surface area contributed by atoms with E-state index in [1.165, 1.54) is 6.33 Å². The van der Waals surface area contributed by atoms with E-state index >= 15 is 0 Å². The Kier molecular flexibility index (Phi) is 3.28. The number of piperidine rings is 1. The van der Waals surface area contributed by atoms with Gasteiger partial charge in [-0.1, -0.05) is 0 Å². The van der Waals surface area contributed by atoms with Crippen molar-refractivity contribution in [1.82, 2.24) is 9.97 Å². The van der Waals surface area contributed by atoms with Gasteiger partial charge in [-0.25, -0.2) is 9.97 Å². The van der Waals surface area contributed by atoms with Crippen molar-refractivity contribution in [3.63, 3.8) is 0 Å². The van der Waals surface area contributed by atoms with Gasteiger partial charge in [0.1, 0.15) is 6.33 Å². The van der Waals surface area contributed by atoms with Gasteiger partial charge in [-0.15, -0.1) is 0 Å². The molecule has 7 nitrogen and oxygen atoms in total. The first kappa shape index (κ1) is 12.5. The van der Waals surface area contributed by atoms with Crippen molar-refractivity contribution >= 4 is 17.6 Å². The Bertz CT molecular complexity index is 470. The number of anilines is 2. The topological polar surface area (TPSA) is 118 Å². The number of aromatic nitrogens is 2. The first-order valence-corrected chi connectivity index (χ1v) is 5.50. The summed E-state index contributed by atoms with van der Waals surface area (Å²) in [5.74, 6) is -2.39. The monoisotopic (exact) mass is 255 g/mol. The lowest BCUT2D eigenvalue weighted by molar-refractivity contribution is -0.142. The second kappa shape index (κ2) is 4.73. The van der Waals surface area contributed by atoms with Crippen LogP contribution in [0.1, 0.15) is 6.42 Å². The van der Waals surface area contributed by atoms with Gasteiger partial charge in [0.2, 0.25) is 5.82 Å². The Balaban J connectivity index is 2.17. The van der Waals surface area contributed by atoms with Crippen LogP contribution in [0.2, 0.25) is 0 Å². The number of aliphatic carboxylic acids is 1. The molecule has 0 saturated carbocycles. The summed E-state index contributed by atoms with van der Waals surface area (Å²) in [6.45, 7) is 0.600. The molecule has 2 heterocycles. The van der Waals surface area contributed by atoms with Crippen LogP contribution in [-0.2, 0) is 4.79 Å². The highest BCUT2D eigenvalue weighted by atomic mass is 19.1. The smallest absolute Gasteiger partial charge is 0.308 e. The highest BCUT2D eigenvalue weighted by Gasteiger charge is 2.33. The molecule has 0 aromatic carbocycles.